The Morgan fingerprint density at radius 1 is 1.14 bits per heavy atom. The predicted molar refractivity (Wildman–Crippen MR) is 79.6 cm³/mol. The Balaban J connectivity index is 1.67. The van der Waals surface area contributed by atoms with Crippen LogP contribution in [0.2, 0.25) is 0 Å². The number of aryl methyl sites for hydroxylation is 1. The molecule has 110 valence electrons. The van der Waals surface area contributed by atoms with Crippen LogP contribution in [-0.2, 0) is 6.42 Å². The third kappa shape index (κ3) is 3.52. The van der Waals surface area contributed by atoms with Crippen molar-refractivity contribution in [1.29, 1.82) is 0 Å². The average molecular weight is 285 g/mol. The van der Waals surface area contributed by atoms with Gasteiger partial charge in [0.1, 0.15) is 0 Å². The molecule has 0 aliphatic carbocycles. The van der Waals surface area contributed by atoms with E-state index in [1.165, 1.54) is 0 Å². The van der Waals surface area contributed by atoms with Gasteiger partial charge in [0.05, 0.1) is 19.3 Å². The molecule has 0 amide bonds. The number of benzene rings is 1. The van der Waals surface area contributed by atoms with E-state index >= 15 is 0 Å². The molecule has 1 aromatic carbocycles. The van der Waals surface area contributed by atoms with Gasteiger partial charge in [0.25, 0.3) is 0 Å². The maximum atomic E-state index is 10.3. The smallest absolute Gasteiger partial charge is 0.161 e. The van der Waals surface area contributed by atoms with E-state index in [2.05, 4.69) is 4.98 Å². The minimum absolute atomic E-state index is 0.512. The summed E-state index contributed by atoms with van der Waals surface area (Å²) in [4.78, 5) is 4.09. The summed E-state index contributed by atoms with van der Waals surface area (Å²) in [5, 5.41) is 10.3. The minimum atomic E-state index is -0.512. The first-order valence-electron chi connectivity index (χ1n) is 7.29. The van der Waals surface area contributed by atoms with Crippen molar-refractivity contribution in [3.05, 3.63) is 53.9 Å². The van der Waals surface area contributed by atoms with Gasteiger partial charge in [-0.2, -0.15) is 0 Å². The van der Waals surface area contributed by atoms with E-state index in [1.807, 2.05) is 36.5 Å². The van der Waals surface area contributed by atoms with Crippen molar-refractivity contribution in [2.45, 2.75) is 25.4 Å². The monoisotopic (exact) mass is 285 g/mol. The van der Waals surface area contributed by atoms with E-state index in [-0.39, 0.29) is 0 Å². The molecule has 3 rings (SSSR count). The highest BCUT2D eigenvalue weighted by atomic mass is 16.5. The van der Waals surface area contributed by atoms with Crippen molar-refractivity contribution in [1.82, 2.24) is 4.98 Å². The lowest BCUT2D eigenvalue weighted by Gasteiger charge is -2.14. The fourth-order valence-electron chi connectivity index (χ4n) is 2.40. The van der Waals surface area contributed by atoms with E-state index in [0.717, 1.165) is 35.5 Å². The summed E-state index contributed by atoms with van der Waals surface area (Å²) in [6, 6.07) is 9.60. The maximum Gasteiger partial charge on any atom is 0.161 e. The van der Waals surface area contributed by atoms with E-state index in [4.69, 9.17) is 9.47 Å². The lowest BCUT2D eigenvalue weighted by atomic mass is 10.0. The molecule has 1 atom stereocenters. The van der Waals surface area contributed by atoms with Gasteiger partial charge >= 0.3 is 0 Å². The van der Waals surface area contributed by atoms with E-state index < -0.39 is 6.10 Å². The Morgan fingerprint density at radius 3 is 2.81 bits per heavy atom. The minimum Gasteiger partial charge on any atom is -0.490 e. The fourth-order valence-corrected chi connectivity index (χ4v) is 2.40. The van der Waals surface area contributed by atoms with Gasteiger partial charge in [-0.25, -0.2) is 0 Å². The molecule has 0 fully saturated rings. The molecule has 0 bridgehead atoms. The van der Waals surface area contributed by atoms with Crippen LogP contribution in [0.15, 0.2) is 42.7 Å². The van der Waals surface area contributed by atoms with Crippen LogP contribution in [0.3, 0.4) is 0 Å². The number of aromatic nitrogens is 1. The largest absolute Gasteiger partial charge is 0.490 e. The molecule has 21 heavy (non-hydrogen) atoms. The first-order valence-corrected chi connectivity index (χ1v) is 7.29. The molecule has 0 saturated heterocycles. The van der Waals surface area contributed by atoms with Crippen LogP contribution in [0.1, 0.15) is 30.1 Å². The normalized spacial score (nSPS) is 15.3. The zero-order valence-electron chi connectivity index (χ0n) is 11.9. The van der Waals surface area contributed by atoms with Crippen LogP contribution in [0.25, 0.3) is 0 Å². The molecule has 0 radical (unpaired) electrons. The van der Waals surface area contributed by atoms with Crippen molar-refractivity contribution in [3.63, 3.8) is 0 Å². The van der Waals surface area contributed by atoms with Crippen molar-refractivity contribution in [2.24, 2.45) is 0 Å². The molecule has 4 nitrogen and oxygen atoms in total. The van der Waals surface area contributed by atoms with Crippen molar-refractivity contribution in [3.8, 4) is 11.5 Å². The molecule has 1 aliphatic rings. The zero-order valence-corrected chi connectivity index (χ0v) is 11.9. The highest BCUT2D eigenvalue weighted by Crippen LogP contribution is 2.33. The number of aliphatic hydroxyl groups is 1. The Kier molecular flexibility index (Phi) is 4.36. The van der Waals surface area contributed by atoms with Gasteiger partial charge in [-0.3, -0.25) is 4.98 Å². The summed E-state index contributed by atoms with van der Waals surface area (Å²) >= 11 is 0. The van der Waals surface area contributed by atoms with E-state index in [0.29, 0.717) is 19.6 Å². The van der Waals surface area contributed by atoms with Gasteiger partial charge < -0.3 is 14.6 Å². The molecule has 2 heterocycles. The van der Waals surface area contributed by atoms with Crippen LogP contribution in [0, 0.1) is 0 Å². The van der Waals surface area contributed by atoms with Crippen LogP contribution in [0.5, 0.6) is 11.5 Å². The number of ether oxygens (including phenoxy) is 2. The summed E-state index contributed by atoms with van der Waals surface area (Å²) in [6.45, 7) is 1.33. The average Bonchev–Trinajstić information content (AvgIpc) is 2.78. The zero-order chi connectivity index (χ0) is 14.5. The standard InChI is InChI=1S/C17H19NO3/c19-15(6-4-13-3-1-8-18-12-13)14-5-7-16-17(11-14)21-10-2-9-20-16/h1,3,5,7-8,11-12,15,19H,2,4,6,9-10H2. The number of nitrogens with zero attached hydrogens (tertiary/aromatic N) is 1. The third-order valence-corrected chi connectivity index (χ3v) is 3.59. The Labute approximate surface area is 124 Å². The third-order valence-electron chi connectivity index (χ3n) is 3.59. The van der Waals surface area contributed by atoms with Crippen LogP contribution in [-0.4, -0.2) is 23.3 Å². The quantitative estimate of drug-likeness (QED) is 0.938. The highest BCUT2D eigenvalue weighted by molar-refractivity contribution is 5.44. The van der Waals surface area contributed by atoms with Gasteiger partial charge in [-0.1, -0.05) is 12.1 Å². The van der Waals surface area contributed by atoms with Gasteiger partial charge in [-0.05, 0) is 42.2 Å². The molecular weight excluding hydrogens is 266 g/mol. The molecule has 4 heteroatoms. The molecular formula is C17H19NO3. The first-order chi connectivity index (χ1) is 10.3. The molecule has 0 spiro atoms. The second-order valence-corrected chi connectivity index (χ2v) is 5.17. The number of hydrogen-bond acceptors (Lipinski definition) is 4. The predicted octanol–water partition coefficient (Wildman–Crippen LogP) is 2.91. The van der Waals surface area contributed by atoms with Crippen LogP contribution < -0.4 is 9.47 Å². The lowest BCUT2D eigenvalue weighted by molar-refractivity contribution is 0.167. The number of fused-ring (bicyclic) bond motifs is 1. The Hall–Kier alpha value is -2.07. The van der Waals surface area contributed by atoms with Gasteiger partial charge in [0.2, 0.25) is 0 Å². The molecule has 2 aromatic rings. The fraction of sp³-hybridized carbons (Fsp3) is 0.353. The van der Waals surface area contributed by atoms with E-state index in [1.54, 1.807) is 6.20 Å². The number of aliphatic hydroxyl groups excluding tert-OH is 1. The van der Waals surface area contributed by atoms with Crippen molar-refractivity contribution < 1.29 is 14.6 Å². The molecule has 1 aliphatic heterocycles. The number of hydrogen-bond donors (Lipinski definition) is 1. The summed E-state index contributed by atoms with van der Waals surface area (Å²) < 4.78 is 11.3. The van der Waals surface area contributed by atoms with Gasteiger partial charge in [0, 0.05) is 18.8 Å². The molecule has 1 N–H and O–H groups in total. The summed E-state index contributed by atoms with van der Waals surface area (Å²) in [7, 11) is 0. The highest BCUT2D eigenvalue weighted by Gasteiger charge is 2.14. The Morgan fingerprint density at radius 2 is 2.00 bits per heavy atom. The van der Waals surface area contributed by atoms with Crippen LogP contribution in [0.4, 0.5) is 0 Å². The molecule has 1 unspecified atom stereocenters. The van der Waals surface area contributed by atoms with Crippen molar-refractivity contribution >= 4 is 0 Å². The van der Waals surface area contributed by atoms with Gasteiger partial charge in [-0.15, -0.1) is 0 Å². The number of rotatable bonds is 4. The lowest BCUT2D eigenvalue weighted by Crippen LogP contribution is -2.01. The summed E-state index contributed by atoms with van der Waals surface area (Å²) in [5.74, 6) is 1.49. The SMILES string of the molecule is OC(CCc1cccnc1)c1ccc2c(c1)OCCCO2. The van der Waals surface area contributed by atoms with Crippen molar-refractivity contribution in [2.75, 3.05) is 13.2 Å². The van der Waals surface area contributed by atoms with Gasteiger partial charge in [0.15, 0.2) is 11.5 Å². The first kappa shape index (κ1) is 13.9. The Bertz CT molecular complexity index is 586. The molecule has 0 saturated carbocycles. The number of pyridine rings is 1. The topological polar surface area (TPSA) is 51.6 Å². The second kappa shape index (κ2) is 6.59. The van der Waals surface area contributed by atoms with E-state index in [9.17, 15) is 5.11 Å². The van der Waals surface area contributed by atoms with Crippen LogP contribution >= 0.6 is 0 Å². The maximum absolute atomic E-state index is 10.3. The summed E-state index contributed by atoms with van der Waals surface area (Å²) in [6.07, 6.45) is 5.41. The second-order valence-electron chi connectivity index (χ2n) is 5.17. The summed E-state index contributed by atoms with van der Waals surface area (Å²) in [5.41, 5.74) is 1.99. The molecule has 1 aromatic heterocycles.